The first-order chi connectivity index (χ1) is 14.1. The average Bonchev–Trinajstić information content (AvgIpc) is 2.74. The maximum absolute atomic E-state index is 6.17. The summed E-state index contributed by atoms with van der Waals surface area (Å²) in [4.78, 5) is 0. The molecule has 0 radical (unpaired) electrons. The van der Waals surface area contributed by atoms with Crippen LogP contribution in [0.15, 0.2) is 90.5 Å². The third-order valence-electron chi connectivity index (χ3n) is 5.01. The Labute approximate surface area is 174 Å². The number of rotatable bonds is 4. The van der Waals surface area contributed by atoms with Crippen molar-refractivity contribution in [1.29, 1.82) is 0 Å². The minimum Gasteiger partial charge on any atom is -0.502 e. The van der Waals surface area contributed by atoms with Gasteiger partial charge in [0.2, 0.25) is 0 Å². The van der Waals surface area contributed by atoms with Gasteiger partial charge >= 0.3 is 0 Å². The van der Waals surface area contributed by atoms with Crippen LogP contribution in [-0.4, -0.2) is 6.61 Å². The molecule has 3 heteroatoms. The van der Waals surface area contributed by atoms with Crippen LogP contribution in [0.5, 0.6) is 0 Å². The van der Waals surface area contributed by atoms with Crippen molar-refractivity contribution in [2.45, 2.75) is 39.7 Å². The third-order valence-corrected chi connectivity index (χ3v) is 5.01. The number of allylic oxidation sites excluding steroid dienone is 4. The van der Waals surface area contributed by atoms with E-state index in [9.17, 15) is 0 Å². The Hall–Kier alpha value is -2.94. The molecule has 0 aromatic heterocycles. The van der Waals surface area contributed by atoms with E-state index in [1.165, 1.54) is 24.0 Å². The Morgan fingerprint density at radius 2 is 1.69 bits per heavy atom. The van der Waals surface area contributed by atoms with Crippen molar-refractivity contribution in [2.24, 2.45) is 11.1 Å². The normalized spacial score (nSPS) is 17.5. The summed E-state index contributed by atoms with van der Waals surface area (Å²) in [6.07, 6.45) is 9.02. The van der Waals surface area contributed by atoms with Crippen LogP contribution in [0.4, 0.5) is 0 Å². The maximum Gasteiger partial charge on any atom is 0.125 e. The van der Waals surface area contributed by atoms with E-state index in [-0.39, 0.29) is 5.41 Å². The fourth-order valence-corrected chi connectivity index (χ4v) is 3.70. The Balaban J connectivity index is 0.000000343. The predicted octanol–water partition coefficient (Wildman–Crippen LogP) is 6.20. The molecule has 1 aliphatic carbocycles. The first-order valence-electron chi connectivity index (χ1n) is 10.3. The summed E-state index contributed by atoms with van der Waals surface area (Å²) in [7, 11) is 0. The van der Waals surface area contributed by atoms with Crippen molar-refractivity contribution < 1.29 is 9.47 Å². The standard InChI is InChI=1S/C21H23NO.C5H8O/c1-21(2)14-18(22)13-19(20(21)17-11-7-4-8-12-17)23-15-16-9-5-3-6-10-16;1-2-4-6-5-3-1/h3-13H,14-15,22H2,1-2H3;2,4H,1,3,5H2. The van der Waals surface area contributed by atoms with E-state index >= 15 is 0 Å². The van der Waals surface area contributed by atoms with Crippen LogP contribution in [0, 0.1) is 5.41 Å². The van der Waals surface area contributed by atoms with Crippen LogP contribution in [0.25, 0.3) is 5.57 Å². The fraction of sp³-hybridized carbons (Fsp3) is 0.308. The zero-order chi connectivity index (χ0) is 20.5. The fourth-order valence-electron chi connectivity index (χ4n) is 3.70. The molecule has 4 rings (SSSR count). The first kappa shape index (κ1) is 20.8. The summed E-state index contributed by atoms with van der Waals surface area (Å²) in [6, 6.07) is 20.7. The molecule has 29 heavy (non-hydrogen) atoms. The van der Waals surface area contributed by atoms with E-state index < -0.39 is 0 Å². The van der Waals surface area contributed by atoms with Crippen LogP contribution < -0.4 is 5.73 Å². The molecule has 1 heterocycles. The van der Waals surface area contributed by atoms with Gasteiger partial charge in [-0.05, 0) is 48.0 Å². The van der Waals surface area contributed by atoms with Gasteiger partial charge in [-0.15, -0.1) is 0 Å². The molecule has 0 unspecified atom stereocenters. The molecule has 3 nitrogen and oxygen atoms in total. The molecule has 0 atom stereocenters. The summed E-state index contributed by atoms with van der Waals surface area (Å²) < 4.78 is 11.1. The van der Waals surface area contributed by atoms with Crippen molar-refractivity contribution >= 4 is 5.57 Å². The molecular weight excluding hydrogens is 358 g/mol. The van der Waals surface area contributed by atoms with Crippen LogP contribution >= 0.6 is 0 Å². The van der Waals surface area contributed by atoms with Crippen molar-refractivity contribution in [3.8, 4) is 0 Å². The van der Waals surface area contributed by atoms with Gasteiger partial charge in [0.1, 0.15) is 12.4 Å². The molecule has 0 amide bonds. The van der Waals surface area contributed by atoms with Crippen molar-refractivity contribution in [3.63, 3.8) is 0 Å². The second-order valence-corrected chi connectivity index (χ2v) is 8.04. The van der Waals surface area contributed by atoms with Gasteiger partial charge in [0.15, 0.2) is 0 Å². The molecule has 0 saturated carbocycles. The number of nitrogens with two attached hydrogens (primary N) is 1. The van der Waals surface area contributed by atoms with Crippen molar-refractivity contribution in [3.05, 3.63) is 102 Å². The topological polar surface area (TPSA) is 44.5 Å². The van der Waals surface area contributed by atoms with E-state index in [0.717, 1.165) is 30.0 Å². The van der Waals surface area contributed by atoms with Gasteiger partial charge in [0.25, 0.3) is 0 Å². The summed E-state index contributed by atoms with van der Waals surface area (Å²) in [5, 5.41) is 0. The highest BCUT2D eigenvalue weighted by atomic mass is 16.5. The van der Waals surface area contributed by atoms with Gasteiger partial charge in [-0.3, -0.25) is 0 Å². The highest BCUT2D eigenvalue weighted by molar-refractivity contribution is 5.75. The number of hydrogen-bond acceptors (Lipinski definition) is 3. The lowest BCUT2D eigenvalue weighted by Crippen LogP contribution is -2.23. The zero-order valence-electron chi connectivity index (χ0n) is 17.4. The second-order valence-electron chi connectivity index (χ2n) is 8.04. The Bertz CT molecular complexity index is 856. The van der Waals surface area contributed by atoms with Gasteiger partial charge in [0.05, 0.1) is 12.9 Å². The minimum atomic E-state index is -0.0494. The Kier molecular flexibility index (Phi) is 7.18. The summed E-state index contributed by atoms with van der Waals surface area (Å²) in [6.45, 7) is 5.91. The monoisotopic (exact) mass is 389 g/mol. The van der Waals surface area contributed by atoms with Crippen molar-refractivity contribution in [1.82, 2.24) is 0 Å². The van der Waals surface area contributed by atoms with E-state index in [1.807, 2.05) is 36.4 Å². The van der Waals surface area contributed by atoms with Crippen LogP contribution in [-0.2, 0) is 16.1 Å². The van der Waals surface area contributed by atoms with Gasteiger partial charge in [0, 0.05) is 11.3 Å². The highest BCUT2D eigenvalue weighted by Crippen LogP contribution is 2.44. The molecular formula is C26H31NO2. The summed E-state index contributed by atoms with van der Waals surface area (Å²) in [5.41, 5.74) is 10.6. The molecule has 0 saturated heterocycles. The van der Waals surface area contributed by atoms with E-state index in [0.29, 0.717) is 6.61 Å². The highest BCUT2D eigenvalue weighted by Gasteiger charge is 2.32. The molecule has 1 aliphatic heterocycles. The summed E-state index contributed by atoms with van der Waals surface area (Å²) in [5.74, 6) is 0.883. The number of ether oxygens (including phenoxy) is 2. The third kappa shape index (κ3) is 6.02. The molecule has 2 N–H and O–H groups in total. The van der Waals surface area contributed by atoms with Crippen molar-refractivity contribution in [2.75, 3.05) is 6.61 Å². The number of benzene rings is 2. The molecule has 2 aromatic rings. The first-order valence-corrected chi connectivity index (χ1v) is 10.3. The van der Waals surface area contributed by atoms with Crippen LogP contribution in [0.1, 0.15) is 44.2 Å². The zero-order valence-corrected chi connectivity index (χ0v) is 17.4. The van der Waals surface area contributed by atoms with Gasteiger partial charge in [-0.2, -0.15) is 0 Å². The van der Waals surface area contributed by atoms with E-state index in [1.54, 1.807) is 6.26 Å². The second kappa shape index (κ2) is 10.0. The molecule has 2 aliphatic rings. The molecule has 0 bridgehead atoms. The van der Waals surface area contributed by atoms with E-state index in [4.69, 9.17) is 15.2 Å². The smallest absolute Gasteiger partial charge is 0.125 e. The molecule has 0 spiro atoms. The lowest BCUT2D eigenvalue weighted by atomic mass is 9.73. The molecule has 2 aromatic carbocycles. The van der Waals surface area contributed by atoms with Gasteiger partial charge in [-0.25, -0.2) is 0 Å². The van der Waals surface area contributed by atoms with Crippen LogP contribution in [0.3, 0.4) is 0 Å². The quantitative estimate of drug-likeness (QED) is 0.677. The number of hydrogen-bond donors (Lipinski definition) is 1. The van der Waals surface area contributed by atoms with Crippen LogP contribution in [0.2, 0.25) is 0 Å². The SMILES string of the molecule is C1=COCCC1.CC1(C)CC(N)=CC(OCc2ccccc2)=C1c1ccccc1. The Morgan fingerprint density at radius 3 is 2.24 bits per heavy atom. The largest absolute Gasteiger partial charge is 0.502 e. The Morgan fingerprint density at radius 1 is 1.00 bits per heavy atom. The predicted molar refractivity (Wildman–Crippen MR) is 120 cm³/mol. The molecule has 152 valence electrons. The summed E-state index contributed by atoms with van der Waals surface area (Å²) >= 11 is 0. The molecule has 0 fully saturated rings. The average molecular weight is 390 g/mol. The maximum atomic E-state index is 6.17. The lowest BCUT2D eigenvalue weighted by Gasteiger charge is -2.34. The lowest BCUT2D eigenvalue weighted by molar-refractivity contribution is 0.206. The van der Waals surface area contributed by atoms with Gasteiger partial charge in [-0.1, -0.05) is 74.5 Å². The van der Waals surface area contributed by atoms with Gasteiger partial charge < -0.3 is 15.2 Å². The van der Waals surface area contributed by atoms with E-state index in [2.05, 4.69) is 50.2 Å². The minimum absolute atomic E-state index is 0.0494.